The normalized spacial score (nSPS) is 18.7. The minimum absolute atomic E-state index is 0.0589. The molecular weight excluding hydrogens is 452 g/mol. The molecule has 3 aromatic carbocycles. The second kappa shape index (κ2) is 9.70. The van der Waals surface area contributed by atoms with Crippen LogP contribution in [0.5, 0.6) is 0 Å². The molecule has 0 aromatic heterocycles. The molecule has 4 rings (SSSR count). The Hall–Kier alpha value is -3.38. The van der Waals surface area contributed by atoms with Crippen molar-refractivity contribution in [3.63, 3.8) is 0 Å². The van der Waals surface area contributed by atoms with Crippen molar-refractivity contribution < 1.29 is 9.35 Å². The quantitative estimate of drug-likeness (QED) is 0.200. The molecule has 0 fully saturated rings. The Morgan fingerprint density at radius 2 is 1.46 bits per heavy atom. The second-order valence-electron chi connectivity index (χ2n) is 10.7. The lowest BCUT2D eigenvalue weighted by molar-refractivity contribution is -0.384. The Bertz CT molecular complexity index is 1190. The summed E-state index contributed by atoms with van der Waals surface area (Å²) in [5, 5.41) is 11.4. The van der Waals surface area contributed by atoms with E-state index < -0.39 is 8.32 Å². The van der Waals surface area contributed by atoms with Gasteiger partial charge in [0, 0.05) is 24.2 Å². The van der Waals surface area contributed by atoms with Gasteiger partial charge in [-0.2, -0.15) is 0 Å². The zero-order chi connectivity index (χ0) is 25.2. The van der Waals surface area contributed by atoms with Crippen molar-refractivity contribution in [2.24, 2.45) is 0 Å². The van der Waals surface area contributed by atoms with Crippen molar-refractivity contribution in [1.82, 2.24) is 0 Å². The molecule has 3 aromatic rings. The summed E-state index contributed by atoms with van der Waals surface area (Å²) in [5.74, 6) is 1.00. The maximum absolute atomic E-state index is 11.3. The van der Waals surface area contributed by atoms with E-state index in [0.717, 1.165) is 23.4 Å². The van der Waals surface area contributed by atoms with Gasteiger partial charge in [0.2, 0.25) is 8.32 Å². The van der Waals surface area contributed by atoms with E-state index in [4.69, 9.17) is 4.43 Å². The van der Waals surface area contributed by atoms with Gasteiger partial charge < -0.3 is 9.33 Å². The molecule has 182 valence electrons. The second-order valence-corrected chi connectivity index (χ2v) is 15.4. The number of non-ortho nitro benzene ring substituents is 1. The third-order valence-corrected chi connectivity index (χ3v) is 11.6. The van der Waals surface area contributed by atoms with Crippen LogP contribution in [-0.4, -0.2) is 13.2 Å². The first-order valence-electron chi connectivity index (χ1n) is 12.1. The topological polar surface area (TPSA) is 55.6 Å². The first-order chi connectivity index (χ1) is 16.6. The van der Waals surface area contributed by atoms with E-state index in [1.54, 1.807) is 12.1 Å². The summed E-state index contributed by atoms with van der Waals surface area (Å²) in [6.45, 7) is 11.3. The number of nitro benzene ring substituents is 1. The maximum atomic E-state index is 11.3. The number of rotatable bonds is 6. The van der Waals surface area contributed by atoms with Crippen molar-refractivity contribution in [2.75, 3.05) is 4.90 Å². The minimum Gasteiger partial charge on any atom is -0.547 e. The highest BCUT2D eigenvalue weighted by Crippen LogP contribution is 2.46. The zero-order valence-electron chi connectivity index (χ0n) is 21.1. The van der Waals surface area contributed by atoms with E-state index in [0.29, 0.717) is 0 Å². The van der Waals surface area contributed by atoms with Crippen LogP contribution >= 0.6 is 0 Å². The number of nitro groups is 1. The van der Waals surface area contributed by atoms with E-state index in [-0.39, 0.29) is 27.7 Å². The predicted octanol–water partition coefficient (Wildman–Crippen LogP) is 8.19. The van der Waals surface area contributed by atoms with Crippen molar-refractivity contribution in [2.45, 2.75) is 57.4 Å². The summed E-state index contributed by atoms with van der Waals surface area (Å²) < 4.78 is 6.86. The fourth-order valence-corrected chi connectivity index (χ4v) is 5.42. The third kappa shape index (κ3) is 5.33. The molecule has 0 bridgehead atoms. The van der Waals surface area contributed by atoms with Crippen molar-refractivity contribution >= 4 is 19.7 Å². The van der Waals surface area contributed by atoms with Gasteiger partial charge in [-0.05, 0) is 59.6 Å². The molecule has 0 N–H and O–H groups in total. The van der Waals surface area contributed by atoms with Crippen molar-refractivity contribution in [1.29, 1.82) is 0 Å². The Morgan fingerprint density at radius 3 is 2.00 bits per heavy atom. The first-order valence-corrected chi connectivity index (χ1v) is 15.0. The molecule has 5 nitrogen and oxygen atoms in total. The molecule has 0 saturated heterocycles. The highest BCUT2D eigenvalue weighted by Gasteiger charge is 2.42. The van der Waals surface area contributed by atoms with Gasteiger partial charge in [0.1, 0.15) is 0 Å². The summed E-state index contributed by atoms with van der Waals surface area (Å²) in [7, 11) is -2.05. The molecule has 2 atom stereocenters. The molecule has 0 unspecified atom stereocenters. The predicted molar refractivity (Wildman–Crippen MR) is 145 cm³/mol. The molecule has 0 amide bonds. The molecule has 0 aliphatic carbocycles. The van der Waals surface area contributed by atoms with Gasteiger partial charge in [-0.25, -0.2) is 0 Å². The van der Waals surface area contributed by atoms with Crippen molar-refractivity contribution in [3.05, 3.63) is 118 Å². The van der Waals surface area contributed by atoms with E-state index in [2.05, 4.69) is 93.4 Å². The molecule has 1 aliphatic rings. The van der Waals surface area contributed by atoms with Crippen molar-refractivity contribution in [3.8, 4) is 0 Å². The highest BCUT2D eigenvalue weighted by molar-refractivity contribution is 6.74. The van der Waals surface area contributed by atoms with Gasteiger partial charge in [0.15, 0.2) is 0 Å². The van der Waals surface area contributed by atoms with Crippen LogP contribution in [-0.2, 0) is 4.43 Å². The van der Waals surface area contributed by atoms with Crippen LogP contribution in [0.3, 0.4) is 0 Å². The number of nitrogens with zero attached hydrogens (tertiary/aromatic N) is 2. The lowest BCUT2D eigenvalue weighted by Gasteiger charge is -2.45. The van der Waals surface area contributed by atoms with Crippen LogP contribution in [0.1, 0.15) is 50.4 Å². The third-order valence-electron chi connectivity index (χ3n) is 7.25. The molecular formula is C29H34N2O3Si. The number of anilines is 1. The lowest BCUT2D eigenvalue weighted by Crippen LogP contribution is -2.43. The Morgan fingerprint density at radius 1 is 0.886 bits per heavy atom. The monoisotopic (exact) mass is 486 g/mol. The molecule has 0 spiro atoms. The van der Waals surface area contributed by atoms with Gasteiger partial charge in [0.25, 0.3) is 5.69 Å². The summed E-state index contributed by atoms with van der Waals surface area (Å²) >= 11 is 0. The van der Waals surface area contributed by atoms with Gasteiger partial charge in [0.05, 0.1) is 22.8 Å². The van der Waals surface area contributed by atoms with Crippen LogP contribution in [0, 0.1) is 10.1 Å². The molecule has 35 heavy (non-hydrogen) atoms. The number of hydrogen-bond acceptors (Lipinski definition) is 4. The van der Waals surface area contributed by atoms with E-state index in [9.17, 15) is 10.1 Å². The fourth-order valence-electron chi connectivity index (χ4n) is 4.31. The van der Waals surface area contributed by atoms with Gasteiger partial charge in [-0.1, -0.05) is 69.3 Å². The van der Waals surface area contributed by atoms with Gasteiger partial charge >= 0.3 is 0 Å². The Balaban J connectivity index is 1.86. The number of hydrogen-bond donors (Lipinski definition) is 0. The summed E-state index contributed by atoms with van der Waals surface area (Å²) in [4.78, 5) is 13.3. The average molecular weight is 487 g/mol. The molecule has 0 radical (unpaired) electrons. The Labute approximate surface area is 209 Å². The largest absolute Gasteiger partial charge is 0.547 e. The van der Waals surface area contributed by atoms with E-state index >= 15 is 0 Å². The van der Waals surface area contributed by atoms with Crippen LogP contribution in [0.15, 0.2) is 96.8 Å². The summed E-state index contributed by atoms with van der Waals surface area (Å²) in [5.41, 5.74) is 3.41. The lowest BCUT2D eigenvalue weighted by atomic mass is 9.90. The van der Waals surface area contributed by atoms with Crippen LogP contribution in [0.4, 0.5) is 11.4 Å². The van der Waals surface area contributed by atoms with Crippen LogP contribution in [0.25, 0.3) is 0 Å². The SMILES string of the molecule is CC(C)(C)[Si](C)(C)OC1=C[C@H](c2ccc([N+](=O)[O-])cc2)N(c2ccccc2)[C@@H](c2ccccc2)C1. The minimum atomic E-state index is -2.05. The zero-order valence-corrected chi connectivity index (χ0v) is 22.1. The van der Waals surface area contributed by atoms with Crippen LogP contribution in [0.2, 0.25) is 18.1 Å². The maximum Gasteiger partial charge on any atom is 0.269 e. The molecule has 6 heteroatoms. The molecule has 0 saturated carbocycles. The standard InChI is InChI=1S/C29H34N2O3Si/c1-29(2,3)35(4,5)34-26-20-27(22-12-8-6-9-13-22)30(24-14-10-7-11-15-24)28(21-26)23-16-18-25(19-17-23)31(32)33/h6-19,21,27-28H,20H2,1-5H3/t27-,28-/m1/s1. The first kappa shape index (κ1) is 24.7. The summed E-state index contributed by atoms with van der Waals surface area (Å²) in [6.07, 6.45) is 2.98. The van der Waals surface area contributed by atoms with Crippen LogP contribution < -0.4 is 4.90 Å². The molecule has 1 aliphatic heterocycles. The van der Waals surface area contributed by atoms with Gasteiger partial charge in [-0.3, -0.25) is 10.1 Å². The average Bonchev–Trinajstić information content (AvgIpc) is 2.84. The van der Waals surface area contributed by atoms with E-state index in [1.165, 1.54) is 5.56 Å². The highest BCUT2D eigenvalue weighted by atomic mass is 28.4. The molecule has 1 heterocycles. The fraction of sp³-hybridized carbons (Fsp3) is 0.310. The number of benzene rings is 3. The summed E-state index contributed by atoms with van der Waals surface area (Å²) in [6, 6.07) is 27.8. The van der Waals surface area contributed by atoms with Gasteiger partial charge in [-0.15, -0.1) is 0 Å². The number of para-hydroxylation sites is 1. The smallest absolute Gasteiger partial charge is 0.269 e. The van der Waals surface area contributed by atoms with E-state index in [1.807, 2.05) is 24.3 Å². The Kier molecular flexibility index (Phi) is 6.85.